The van der Waals surface area contributed by atoms with Gasteiger partial charge in [0.05, 0.1) is 8.07 Å². The molecule has 1 aliphatic carbocycles. The molecule has 0 unspecified atom stereocenters. The second kappa shape index (κ2) is 4.88. The minimum atomic E-state index is -5.53. The second-order valence-corrected chi connectivity index (χ2v) is 12.0. The predicted octanol–water partition coefficient (Wildman–Crippen LogP) is 3.56. The molecule has 0 N–H and O–H groups in total. The lowest BCUT2D eigenvalue weighted by Gasteiger charge is -2.28. The number of halogens is 3. The second-order valence-electron chi connectivity index (χ2n) is 5.34. The Kier molecular flexibility index (Phi) is 4.22. The Morgan fingerprint density at radius 2 is 1.61 bits per heavy atom. The average molecular weight is 302 g/mol. The van der Waals surface area contributed by atoms with Crippen LogP contribution in [0.15, 0.2) is 11.0 Å². The zero-order chi connectivity index (χ0) is 14.2. The molecule has 0 radical (unpaired) electrons. The average Bonchev–Trinajstić information content (AvgIpc) is 2.14. The molecule has 0 aliphatic heterocycles. The standard InChI is InChI=1S/C10H17F3O3SSi/c1-18(2,3)9-7-5-4-6-8(9)16-17(14,15)10(11,12)13/h4-7H2,1-3H3. The first-order valence-electron chi connectivity index (χ1n) is 5.68. The van der Waals surface area contributed by atoms with E-state index in [9.17, 15) is 21.6 Å². The van der Waals surface area contributed by atoms with E-state index >= 15 is 0 Å². The van der Waals surface area contributed by atoms with E-state index in [0.29, 0.717) is 12.8 Å². The minimum absolute atomic E-state index is 0.0257. The zero-order valence-corrected chi connectivity index (χ0v) is 12.4. The molecular formula is C10H17F3O3SSi. The SMILES string of the molecule is C[Si](C)(C)C1=C(OS(=O)(=O)C(F)(F)F)CCCC1. The van der Waals surface area contributed by atoms with Gasteiger partial charge >= 0.3 is 15.6 Å². The van der Waals surface area contributed by atoms with Crippen molar-refractivity contribution in [2.24, 2.45) is 0 Å². The first-order valence-corrected chi connectivity index (χ1v) is 10.6. The molecule has 0 bridgehead atoms. The molecule has 3 nitrogen and oxygen atoms in total. The van der Waals surface area contributed by atoms with E-state index in [2.05, 4.69) is 4.18 Å². The highest BCUT2D eigenvalue weighted by atomic mass is 32.2. The van der Waals surface area contributed by atoms with Crippen LogP contribution < -0.4 is 0 Å². The summed E-state index contributed by atoms with van der Waals surface area (Å²) in [6, 6.07) is 0. The molecule has 1 rings (SSSR count). The molecule has 0 amide bonds. The predicted molar refractivity (Wildman–Crippen MR) is 64.9 cm³/mol. The zero-order valence-electron chi connectivity index (χ0n) is 10.6. The Balaban J connectivity index is 3.11. The van der Waals surface area contributed by atoms with Crippen LogP contribution in [0.2, 0.25) is 19.6 Å². The van der Waals surface area contributed by atoms with Crippen LogP contribution in [0.5, 0.6) is 0 Å². The fourth-order valence-electron chi connectivity index (χ4n) is 1.94. The van der Waals surface area contributed by atoms with Crippen LogP contribution in [0, 0.1) is 0 Å². The maximum atomic E-state index is 12.3. The van der Waals surface area contributed by atoms with Gasteiger partial charge in [-0.25, -0.2) is 0 Å². The number of rotatable bonds is 3. The van der Waals surface area contributed by atoms with Crippen molar-refractivity contribution < 1.29 is 25.8 Å². The van der Waals surface area contributed by atoms with Crippen LogP contribution in [0.1, 0.15) is 25.7 Å². The van der Waals surface area contributed by atoms with Crippen molar-refractivity contribution in [1.29, 1.82) is 0 Å². The molecule has 0 saturated carbocycles. The number of allylic oxidation sites excluding steroid dienone is 2. The van der Waals surface area contributed by atoms with Crippen molar-refractivity contribution in [3.8, 4) is 0 Å². The molecular weight excluding hydrogens is 285 g/mol. The summed E-state index contributed by atoms with van der Waals surface area (Å²) in [6.07, 6.45) is 2.45. The van der Waals surface area contributed by atoms with E-state index < -0.39 is 23.7 Å². The molecule has 0 saturated heterocycles. The van der Waals surface area contributed by atoms with Gasteiger partial charge in [-0.15, -0.1) is 0 Å². The van der Waals surface area contributed by atoms with Crippen LogP contribution in [-0.4, -0.2) is 22.0 Å². The van der Waals surface area contributed by atoms with E-state index in [-0.39, 0.29) is 12.2 Å². The molecule has 18 heavy (non-hydrogen) atoms. The van der Waals surface area contributed by atoms with Gasteiger partial charge in [-0.1, -0.05) is 19.6 Å². The number of hydrogen-bond acceptors (Lipinski definition) is 3. The van der Waals surface area contributed by atoms with Crippen LogP contribution in [0.3, 0.4) is 0 Å². The van der Waals surface area contributed by atoms with Gasteiger partial charge in [0, 0.05) is 6.42 Å². The lowest BCUT2D eigenvalue weighted by atomic mass is 10.1. The van der Waals surface area contributed by atoms with Gasteiger partial charge in [-0.3, -0.25) is 0 Å². The third-order valence-electron chi connectivity index (χ3n) is 2.82. The topological polar surface area (TPSA) is 43.4 Å². The molecule has 0 heterocycles. The lowest BCUT2D eigenvalue weighted by molar-refractivity contribution is -0.0524. The normalized spacial score (nSPS) is 19.0. The molecule has 0 aromatic carbocycles. The molecule has 8 heteroatoms. The fourth-order valence-corrected chi connectivity index (χ4v) is 4.50. The molecule has 0 aromatic heterocycles. The number of alkyl halides is 3. The van der Waals surface area contributed by atoms with Gasteiger partial charge in [0.15, 0.2) is 0 Å². The highest BCUT2D eigenvalue weighted by molar-refractivity contribution is 7.87. The molecule has 106 valence electrons. The molecule has 1 aliphatic rings. The van der Waals surface area contributed by atoms with E-state index in [1.165, 1.54) is 0 Å². The summed E-state index contributed by atoms with van der Waals surface area (Å²) in [5.74, 6) is 0.0257. The van der Waals surface area contributed by atoms with Gasteiger partial charge < -0.3 is 4.18 Å². The number of hydrogen-bond donors (Lipinski definition) is 0. The van der Waals surface area contributed by atoms with Crippen molar-refractivity contribution in [2.45, 2.75) is 50.8 Å². The quantitative estimate of drug-likeness (QED) is 0.455. The molecule has 0 atom stereocenters. The molecule has 0 fully saturated rings. The van der Waals surface area contributed by atoms with E-state index in [0.717, 1.165) is 11.6 Å². The van der Waals surface area contributed by atoms with Crippen molar-refractivity contribution in [1.82, 2.24) is 0 Å². The summed E-state index contributed by atoms with van der Waals surface area (Å²) >= 11 is 0. The van der Waals surface area contributed by atoms with Crippen molar-refractivity contribution in [2.75, 3.05) is 0 Å². The van der Waals surface area contributed by atoms with E-state index in [1.807, 2.05) is 19.6 Å². The Labute approximate surface area is 106 Å². The maximum Gasteiger partial charge on any atom is 0.534 e. The summed E-state index contributed by atoms with van der Waals surface area (Å²) in [5, 5.41) is 0.793. The van der Waals surface area contributed by atoms with Crippen LogP contribution in [-0.2, 0) is 14.3 Å². The fraction of sp³-hybridized carbons (Fsp3) is 0.800. The van der Waals surface area contributed by atoms with Crippen molar-refractivity contribution in [3.63, 3.8) is 0 Å². The first kappa shape index (κ1) is 15.6. The van der Waals surface area contributed by atoms with Crippen molar-refractivity contribution >= 4 is 18.2 Å². The van der Waals surface area contributed by atoms with Crippen molar-refractivity contribution in [3.05, 3.63) is 11.0 Å². The summed E-state index contributed by atoms with van der Waals surface area (Å²) in [4.78, 5) is 0. The van der Waals surface area contributed by atoms with Crippen LogP contribution in [0.4, 0.5) is 13.2 Å². The Morgan fingerprint density at radius 1 is 1.11 bits per heavy atom. The summed E-state index contributed by atoms with van der Waals surface area (Å²) in [5.41, 5.74) is -5.36. The monoisotopic (exact) mass is 302 g/mol. The summed E-state index contributed by atoms with van der Waals surface area (Å²) in [6.45, 7) is 5.91. The maximum absolute atomic E-state index is 12.3. The van der Waals surface area contributed by atoms with Gasteiger partial charge in [0.1, 0.15) is 5.76 Å². The Hall–Kier alpha value is -0.503. The molecule has 0 spiro atoms. The smallest absolute Gasteiger partial charge is 0.381 e. The van der Waals surface area contributed by atoms with Crippen LogP contribution >= 0.6 is 0 Å². The van der Waals surface area contributed by atoms with Gasteiger partial charge in [0.25, 0.3) is 0 Å². The third kappa shape index (κ3) is 3.50. The largest absolute Gasteiger partial charge is 0.534 e. The van der Waals surface area contributed by atoms with Gasteiger partial charge in [-0.05, 0) is 24.5 Å². The lowest BCUT2D eigenvalue weighted by Crippen LogP contribution is -2.31. The van der Waals surface area contributed by atoms with Gasteiger partial charge in [0.2, 0.25) is 0 Å². The highest BCUT2D eigenvalue weighted by Gasteiger charge is 2.49. The first-order chi connectivity index (χ1) is 7.95. The third-order valence-corrected chi connectivity index (χ3v) is 6.14. The molecule has 0 aromatic rings. The van der Waals surface area contributed by atoms with Gasteiger partial charge in [-0.2, -0.15) is 21.6 Å². The minimum Gasteiger partial charge on any atom is -0.381 e. The Morgan fingerprint density at radius 3 is 2.06 bits per heavy atom. The highest BCUT2D eigenvalue weighted by Crippen LogP contribution is 2.35. The van der Waals surface area contributed by atoms with Crippen LogP contribution in [0.25, 0.3) is 0 Å². The van der Waals surface area contributed by atoms with E-state index in [1.54, 1.807) is 0 Å². The van der Waals surface area contributed by atoms with E-state index in [4.69, 9.17) is 0 Å². The summed E-state index contributed by atoms with van der Waals surface area (Å²) < 4.78 is 63.3. The summed E-state index contributed by atoms with van der Waals surface area (Å²) in [7, 11) is -7.38. The Bertz CT molecular complexity index is 446.